The van der Waals surface area contributed by atoms with Gasteiger partial charge in [-0.3, -0.25) is 4.79 Å². The molecule has 0 spiro atoms. The van der Waals surface area contributed by atoms with Gasteiger partial charge in [0.2, 0.25) is 0 Å². The summed E-state index contributed by atoms with van der Waals surface area (Å²) in [5, 5.41) is 2.54. The third kappa shape index (κ3) is 3.19. The van der Waals surface area contributed by atoms with E-state index in [-0.39, 0.29) is 5.02 Å². The molecular weight excluding hydrogens is 283 g/mol. The van der Waals surface area contributed by atoms with E-state index in [4.69, 9.17) is 22.1 Å². The van der Waals surface area contributed by atoms with Crippen molar-refractivity contribution in [3.63, 3.8) is 0 Å². The normalized spacial score (nSPS) is 10.2. The fourth-order valence-electron chi connectivity index (χ4n) is 1.65. The number of amides is 1. The van der Waals surface area contributed by atoms with Crippen LogP contribution in [0.25, 0.3) is 0 Å². The number of nitrogen functional groups attached to an aromatic ring is 1. The van der Waals surface area contributed by atoms with E-state index in [9.17, 15) is 9.18 Å². The van der Waals surface area contributed by atoms with Gasteiger partial charge in [-0.05, 0) is 30.3 Å². The number of halogens is 2. The Morgan fingerprint density at radius 3 is 2.70 bits per heavy atom. The lowest BCUT2D eigenvalue weighted by atomic mass is 10.1. The average molecular weight is 295 g/mol. The number of nitrogens with one attached hydrogen (secondary N) is 1. The minimum atomic E-state index is -0.546. The van der Waals surface area contributed by atoms with Crippen LogP contribution in [0.15, 0.2) is 36.4 Å². The van der Waals surface area contributed by atoms with Gasteiger partial charge in [-0.25, -0.2) is 4.39 Å². The van der Waals surface area contributed by atoms with Crippen LogP contribution < -0.4 is 15.8 Å². The summed E-state index contributed by atoms with van der Waals surface area (Å²) in [6, 6.07) is 8.60. The van der Waals surface area contributed by atoms with E-state index in [1.54, 1.807) is 12.1 Å². The number of hydrogen-bond acceptors (Lipinski definition) is 3. The zero-order chi connectivity index (χ0) is 14.7. The van der Waals surface area contributed by atoms with Crippen molar-refractivity contribution in [3.8, 4) is 5.75 Å². The molecule has 4 nitrogen and oxygen atoms in total. The second kappa shape index (κ2) is 5.79. The van der Waals surface area contributed by atoms with Crippen LogP contribution in [0.1, 0.15) is 10.4 Å². The number of benzene rings is 2. The summed E-state index contributed by atoms with van der Waals surface area (Å²) < 4.78 is 18.1. The highest BCUT2D eigenvalue weighted by molar-refractivity contribution is 6.31. The number of anilines is 2. The first kappa shape index (κ1) is 14.1. The molecule has 0 bridgehead atoms. The van der Waals surface area contributed by atoms with Crippen LogP contribution in [0.2, 0.25) is 5.02 Å². The average Bonchev–Trinajstić information content (AvgIpc) is 2.42. The van der Waals surface area contributed by atoms with Gasteiger partial charge in [0.15, 0.2) is 0 Å². The predicted octanol–water partition coefficient (Wildman–Crippen LogP) is 3.32. The standard InChI is InChI=1S/C14H12ClFN2O2/c1-20-11-5-8(4-9(17)6-11)14(19)18-10-2-3-13(16)12(15)7-10/h2-7H,17H2,1H3,(H,18,19). The summed E-state index contributed by atoms with van der Waals surface area (Å²) in [5.41, 5.74) is 6.82. The van der Waals surface area contributed by atoms with Gasteiger partial charge in [0.1, 0.15) is 11.6 Å². The van der Waals surface area contributed by atoms with Gasteiger partial charge in [0.25, 0.3) is 5.91 Å². The monoisotopic (exact) mass is 294 g/mol. The topological polar surface area (TPSA) is 64.3 Å². The second-order valence-corrected chi connectivity index (χ2v) is 4.49. The van der Waals surface area contributed by atoms with Crippen molar-refractivity contribution in [2.75, 3.05) is 18.2 Å². The van der Waals surface area contributed by atoms with Crippen molar-refractivity contribution in [3.05, 3.63) is 52.8 Å². The number of ether oxygens (including phenoxy) is 1. The van der Waals surface area contributed by atoms with Crippen molar-refractivity contribution >= 4 is 28.9 Å². The molecule has 104 valence electrons. The lowest BCUT2D eigenvalue weighted by molar-refractivity contribution is 0.102. The molecule has 0 saturated heterocycles. The Labute approximate surface area is 120 Å². The lowest BCUT2D eigenvalue weighted by Crippen LogP contribution is -2.12. The molecule has 0 aliphatic heterocycles. The number of rotatable bonds is 3. The summed E-state index contributed by atoms with van der Waals surface area (Å²) in [4.78, 5) is 12.1. The maximum atomic E-state index is 13.0. The molecule has 0 aliphatic rings. The maximum Gasteiger partial charge on any atom is 0.255 e. The number of methoxy groups -OCH3 is 1. The van der Waals surface area contributed by atoms with Gasteiger partial charge in [0, 0.05) is 23.0 Å². The van der Waals surface area contributed by atoms with Crippen LogP contribution >= 0.6 is 11.6 Å². The summed E-state index contributed by atoms with van der Waals surface area (Å²) in [6.45, 7) is 0. The summed E-state index contributed by atoms with van der Waals surface area (Å²) >= 11 is 5.65. The molecule has 0 aliphatic carbocycles. The van der Waals surface area contributed by atoms with Crippen molar-refractivity contribution in [2.45, 2.75) is 0 Å². The second-order valence-electron chi connectivity index (χ2n) is 4.08. The maximum absolute atomic E-state index is 13.0. The predicted molar refractivity (Wildman–Crippen MR) is 76.8 cm³/mol. The fourth-order valence-corrected chi connectivity index (χ4v) is 1.83. The van der Waals surface area contributed by atoms with Crippen molar-refractivity contribution in [1.29, 1.82) is 0 Å². The first-order valence-corrected chi connectivity index (χ1v) is 6.08. The summed E-state index contributed by atoms with van der Waals surface area (Å²) in [6.07, 6.45) is 0. The molecule has 0 aromatic heterocycles. The van der Waals surface area contributed by atoms with Crippen LogP contribution in [-0.4, -0.2) is 13.0 Å². The number of carbonyl (C=O) groups is 1. The van der Waals surface area contributed by atoms with Crippen LogP contribution in [-0.2, 0) is 0 Å². The van der Waals surface area contributed by atoms with Crippen molar-refractivity contribution in [1.82, 2.24) is 0 Å². The van der Waals surface area contributed by atoms with E-state index < -0.39 is 11.7 Å². The molecule has 0 saturated carbocycles. The van der Waals surface area contributed by atoms with Gasteiger partial charge < -0.3 is 15.8 Å². The zero-order valence-corrected chi connectivity index (χ0v) is 11.4. The molecule has 1 amide bonds. The Hall–Kier alpha value is -2.27. The smallest absolute Gasteiger partial charge is 0.255 e. The highest BCUT2D eigenvalue weighted by Gasteiger charge is 2.10. The quantitative estimate of drug-likeness (QED) is 0.854. The highest BCUT2D eigenvalue weighted by Crippen LogP contribution is 2.22. The highest BCUT2D eigenvalue weighted by atomic mass is 35.5. The summed E-state index contributed by atoms with van der Waals surface area (Å²) in [7, 11) is 1.48. The third-order valence-corrected chi connectivity index (χ3v) is 2.89. The first-order valence-electron chi connectivity index (χ1n) is 5.70. The zero-order valence-electron chi connectivity index (χ0n) is 10.6. The first-order chi connectivity index (χ1) is 9.49. The number of nitrogens with two attached hydrogens (primary N) is 1. The largest absolute Gasteiger partial charge is 0.497 e. The van der Waals surface area contributed by atoms with E-state index in [0.29, 0.717) is 22.7 Å². The Morgan fingerprint density at radius 2 is 2.05 bits per heavy atom. The van der Waals surface area contributed by atoms with Crippen LogP contribution in [0.4, 0.5) is 15.8 Å². The number of hydrogen-bond donors (Lipinski definition) is 2. The van der Waals surface area contributed by atoms with Crippen LogP contribution in [0.5, 0.6) is 5.75 Å². The molecule has 0 heterocycles. The molecule has 2 aromatic carbocycles. The van der Waals surface area contributed by atoms with E-state index in [0.717, 1.165) is 0 Å². The van der Waals surface area contributed by atoms with E-state index >= 15 is 0 Å². The Morgan fingerprint density at radius 1 is 1.30 bits per heavy atom. The van der Waals surface area contributed by atoms with E-state index in [1.165, 1.54) is 31.4 Å². The molecule has 2 aromatic rings. The van der Waals surface area contributed by atoms with E-state index in [1.807, 2.05) is 0 Å². The Kier molecular flexibility index (Phi) is 4.10. The van der Waals surface area contributed by atoms with Crippen molar-refractivity contribution < 1.29 is 13.9 Å². The minimum Gasteiger partial charge on any atom is -0.497 e. The Bertz CT molecular complexity index is 662. The van der Waals surface area contributed by atoms with Crippen LogP contribution in [0.3, 0.4) is 0 Å². The molecule has 3 N–H and O–H groups in total. The molecule has 0 radical (unpaired) electrons. The molecular formula is C14H12ClFN2O2. The SMILES string of the molecule is COc1cc(N)cc(C(=O)Nc2ccc(F)c(Cl)c2)c1. The lowest BCUT2D eigenvalue weighted by Gasteiger charge is -2.08. The van der Waals surface area contributed by atoms with Crippen molar-refractivity contribution in [2.24, 2.45) is 0 Å². The van der Waals surface area contributed by atoms with Crippen LogP contribution in [0, 0.1) is 5.82 Å². The van der Waals surface area contributed by atoms with Gasteiger partial charge in [-0.1, -0.05) is 11.6 Å². The molecule has 0 atom stereocenters. The molecule has 6 heteroatoms. The molecule has 0 unspecified atom stereocenters. The molecule has 0 fully saturated rings. The molecule has 20 heavy (non-hydrogen) atoms. The Balaban J connectivity index is 2.23. The van der Waals surface area contributed by atoms with Gasteiger partial charge in [-0.15, -0.1) is 0 Å². The van der Waals surface area contributed by atoms with Gasteiger partial charge in [0.05, 0.1) is 12.1 Å². The number of carbonyl (C=O) groups excluding carboxylic acids is 1. The van der Waals surface area contributed by atoms with Gasteiger partial charge in [-0.2, -0.15) is 0 Å². The van der Waals surface area contributed by atoms with Gasteiger partial charge >= 0.3 is 0 Å². The summed E-state index contributed by atoms with van der Waals surface area (Å²) in [5.74, 6) is -0.458. The minimum absolute atomic E-state index is 0.0621. The van der Waals surface area contributed by atoms with E-state index in [2.05, 4.69) is 5.32 Å². The fraction of sp³-hybridized carbons (Fsp3) is 0.0714. The third-order valence-electron chi connectivity index (χ3n) is 2.60. The molecule has 2 rings (SSSR count).